The molecule has 0 radical (unpaired) electrons. The SMILES string of the molecule is CCOc1ccc2c3c1OC1CC=CC4C(C2)NCCC314. The van der Waals surface area contributed by atoms with Gasteiger partial charge in [0.1, 0.15) is 6.10 Å². The van der Waals surface area contributed by atoms with Crippen LogP contribution in [-0.4, -0.2) is 25.3 Å². The van der Waals surface area contributed by atoms with E-state index in [-0.39, 0.29) is 5.41 Å². The van der Waals surface area contributed by atoms with Gasteiger partial charge in [-0.25, -0.2) is 0 Å². The number of nitrogens with one attached hydrogen (secondary N) is 1. The topological polar surface area (TPSA) is 30.5 Å². The molecule has 1 aromatic carbocycles. The Morgan fingerprint density at radius 1 is 1.43 bits per heavy atom. The maximum Gasteiger partial charge on any atom is 0.165 e. The summed E-state index contributed by atoms with van der Waals surface area (Å²) in [7, 11) is 0. The van der Waals surface area contributed by atoms with E-state index in [9.17, 15) is 0 Å². The molecule has 0 amide bonds. The molecular weight excluding hydrogens is 262 g/mol. The smallest absolute Gasteiger partial charge is 0.165 e. The molecule has 110 valence electrons. The molecule has 1 fully saturated rings. The number of ether oxygens (including phenoxy) is 2. The lowest BCUT2D eigenvalue weighted by atomic mass is 9.54. The fraction of sp³-hybridized carbons (Fsp3) is 0.556. The van der Waals surface area contributed by atoms with Crippen molar-refractivity contribution in [2.24, 2.45) is 5.92 Å². The summed E-state index contributed by atoms with van der Waals surface area (Å²) in [5, 5.41) is 3.73. The lowest BCUT2D eigenvalue weighted by Crippen LogP contribution is -2.62. The molecule has 3 nitrogen and oxygen atoms in total. The van der Waals surface area contributed by atoms with Gasteiger partial charge >= 0.3 is 0 Å². The van der Waals surface area contributed by atoms with Gasteiger partial charge in [0.05, 0.1) is 6.61 Å². The number of rotatable bonds is 2. The second-order valence-electron chi connectivity index (χ2n) is 6.71. The van der Waals surface area contributed by atoms with Crippen LogP contribution in [0.3, 0.4) is 0 Å². The van der Waals surface area contributed by atoms with Gasteiger partial charge in [0.25, 0.3) is 0 Å². The van der Waals surface area contributed by atoms with Gasteiger partial charge in [0, 0.05) is 29.4 Å². The Hall–Kier alpha value is -1.48. The summed E-state index contributed by atoms with van der Waals surface area (Å²) in [4.78, 5) is 0. The summed E-state index contributed by atoms with van der Waals surface area (Å²) < 4.78 is 12.3. The van der Waals surface area contributed by atoms with Crippen molar-refractivity contribution in [1.29, 1.82) is 0 Å². The van der Waals surface area contributed by atoms with Gasteiger partial charge in [-0.15, -0.1) is 0 Å². The van der Waals surface area contributed by atoms with Crippen LogP contribution in [0.2, 0.25) is 0 Å². The first-order valence-electron chi connectivity index (χ1n) is 8.20. The quantitative estimate of drug-likeness (QED) is 0.846. The highest BCUT2D eigenvalue weighted by molar-refractivity contribution is 5.61. The molecular formula is C18H21NO2. The Bertz CT molecular complexity index is 638. The zero-order valence-electron chi connectivity index (χ0n) is 12.4. The van der Waals surface area contributed by atoms with Gasteiger partial charge < -0.3 is 14.8 Å². The number of hydrogen-bond acceptors (Lipinski definition) is 3. The normalized spacial score (nSPS) is 37.9. The predicted octanol–water partition coefficient (Wildman–Crippen LogP) is 2.58. The molecule has 2 aliphatic heterocycles. The molecule has 21 heavy (non-hydrogen) atoms. The maximum atomic E-state index is 6.46. The predicted molar refractivity (Wildman–Crippen MR) is 81.1 cm³/mol. The van der Waals surface area contributed by atoms with Crippen molar-refractivity contribution in [3.05, 3.63) is 35.4 Å². The highest BCUT2D eigenvalue weighted by Crippen LogP contribution is 2.61. The van der Waals surface area contributed by atoms with Crippen molar-refractivity contribution >= 4 is 0 Å². The van der Waals surface area contributed by atoms with E-state index >= 15 is 0 Å². The van der Waals surface area contributed by atoms with Gasteiger partial charge in [-0.1, -0.05) is 18.2 Å². The molecule has 5 rings (SSSR count). The first-order valence-corrected chi connectivity index (χ1v) is 8.20. The number of hydrogen-bond donors (Lipinski definition) is 1. The van der Waals surface area contributed by atoms with Crippen molar-refractivity contribution in [2.45, 2.75) is 43.7 Å². The molecule has 2 aliphatic carbocycles. The van der Waals surface area contributed by atoms with Crippen molar-refractivity contribution in [3.63, 3.8) is 0 Å². The molecule has 4 unspecified atom stereocenters. The van der Waals surface area contributed by atoms with Crippen molar-refractivity contribution in [2.75, 3.05) is 13.2 Å². The third-order valence-corrected chi connectivity index (χ3v) is 5.91. The Labute approximate surface area is 125 Å². The molecule has 1 N–H and O–H groups in total. The average Bonchev–Trinajstić information content (AvgIpc) is 2.82. The molecule has 3 heteroatoms. The minimum Gasteiger partial charge on any atom is -0.490 e. The molecule has 2 heterocycles. The van der Waals surface area contributed by atoms with Crippen molar-refractivity contribution in [3.8, 4) is 11.5 Å². The van der Waals surface area contributed by atoms with Crippen LogP contribution >= 0.6 is 0 Å². The average molecular weight is 283 g/mol. The van der Waals surface area contributed by atoms with E-state index in [4.69, 9.17) is 9.47 Å². The number of benzene rings is 1. The highest BCUT2D eigenvalue weighted by Gasteiger charge is 2.61. The van der Waals surface area contributed by atoms with Gasteiger partial charge in [0.15, 0.2) is 11.5 Å². The third-order valence-electron chi connectivity index (χ3n) is 5.91. The van der Waals surface area contributed by atoms with Crippen LogP contribution in [0.15, 0.2) is 24.3 Å². The third kappa shape index (κ3) is 1.34. The van der Waals surface area contributed by atoms with Crippen LogP contribution in [-0.2, 0) is 11.8 Å². The monoisotopic (exact) mass is 283 g/mol. The molecule has 4 aliphatic rings. The second-order valence-corrected chi connectivity index (χ2v) is 6.71. The fourth-order valence-electron chi connectivity index (χ4n) is 5.21. The van der Waals surface area contributed by atoms with Crippen LogP contribution in [0.5, 0.6) is 11.5 Å². The van der Waals surface area contributed by atoms with Gasteiger partial charge in [0.2, 0.25) is 0 Å². The summed E-state index contributed by atoms with van der Waals surface area (Å²) in [5.74, 6) is 2.57. The molecule has 0 saturated carbocycles. The summed E-state index contributed by atoms with van der Waals surface area (Å²) in [6.45, 7) is 3.84. The van der Waals surface area contributed by atoms with E-state index in [2.05, 4.69) is 29.6 Å². The van der Waals surface area contributed by atoms with E-state index in [0.717, 1.165) is 30.9 Å². The van der Waals surface area contributed by atoms with Crippen LogP contribution in [0, 0.1) is 5.92 Å². The summed E-state index contributed by atoms with van der Waals surface area (Å²) in [6, 6.07) is 4.94. The zero-order valence-corrected chi connectivity index (χ0v) is 12.4. The minimum absolute atomic E-state index is 0.195. The molecule has 1 spiro atoms. The van der Waals surface area contributed by atoms with E-state index in [1.54, 1.807) is 0 Å². The maximum absolute atomic E-state index is 6.46. The molecule has 2 bridgehead atoms. The minimum atomic E-state index is 0.195. The lowest BCUT2D eigenvalue weighted by Gasteiger charge is -2.53. The van der Waals surface area contributed by atoms with E-state index < -0.39 is 0 Å². The first kappa shape index (κ1) is 12.1. The first-order chi connectivity index (χ1) is 10.3. The standard InChI is InChI=1S/C18H21NO2/c1-2-20-14-7-6-11-10-13-12-4-3-5-15-18(12,8-9-19-13)16(11)17(14)21-15/h3-4,6-7,12-13,15,19H,2,5,8-10H2,1H3. The number of piperidine rings is 1. The van der Waals surface area contributed by atoms with E-state index in [1.807, 2.05) is 6.92 Å². The Balaban J connectivity index is 1.78. The molecule has 1 saturated heterocycles. The largest absolute Gasteiger partial charge is 0.490 e. The summed E-state index contributed by atoms with van der Waals surface area (Å²) in [6.07, 6.45) is 8.39. The van der Waals surface area contributed by atoms with Crippen LogP contribution in [0.1, 0.15) is 30.9 Å². The van der Waals surface area contributed by atoms with Crippen LogP contribution in [0.4, 0.5) is 0 Å². The fourth-order valence-corrected chi connectivity index (χ4v) is 5.21. The summed E-state index contributed by atoms with van der Waals surface area (Å²) >= 11 is 0. The van der Waals surface area contributed by atoms with Crippen molar-refractivity contribution < 1.29 is 9.47 Å². The van der Waals surface area contributed by atoms with E-state index in [1.165, 1.54) is 17.5 Å². The van der Waals surface area contributed by atoms with Gasteiger partial charge in [-0.05, 0) is 37.9 Å². The Morgan fingerprint density at radius 2 is 2.38 bits per heavy atom. The lowest BCUT2D eigenvalue weighted by molar-refractivity contribution is 0.0556. The molecule has 4 atom stereocenters. The molecule has 0 aromatic heterocycles. The zero-order chi connectivity index (χ0) is 14.0. The van der Waals surface area contributed by atoms with Gasteiger partial charge in [-0.2, -0.15) is 0 Å². The summed E-state index contributed by atoms with van der Waals surface area (Å²) in [5.41, 5.74) is 3.14. The Morgan fingerprint density at radius 3 is 3.29 bits per heavy atom. The van der Waals surface area contributed by atoms with Crippen LogP contribution in [0.25, 0.3) is 0 Å². The van der Waals surface area contributed by atoms with Gasteiger partial charge in [-0.3, -0.25) is 0 Å². The second kappa shape index (κ2) is 4.04. The molecule has 1 aromatic rings. The Kier molecular flexibility index (Phi) is 2.33. The van der Waals surface area contributed by atoms with Crippen LogP contribution < -0.4 is 14.8 Å². The van der Waals surface area contributed by atoms with Crippen molar-refractivity contribution in [1.82, 2.24) is 5.32 Å². The highest BCUT2D eigenvalue weighted by atomic mass is 16.5. The van der Waals surface area contributed by atoms with E-state index in [0.29, 0.717) is 24.7 Å².